The highest BCUT2D eigenvalue weighted by Gasteiger charge is 2.41. The maximum absolute atomic E-state index is 12.8. The molecule has 1 amide bonds. The Kier molecular flexibility index (Phi) is 5.40. The van der Waals surface area contributed by atoms with Crippen LogP contribution in [0.3, 0.4) is 0 Å². The molecule has 1 aliphatic heterocycles. The number of rotatable bonds is 6. The van der Waals surface area contributed by atoms with E-state index in [1.54, 1.807) is 0 Å². The first kappa shape index (κ1) is 16.0. The molecular weight excluding hydrogens is 260 g/mol. The van der Waals surface area contributed by atoms with Gasteiger partial charge in [-0.1, -0.05) is 51.5 Å². The van der Waals surface area contributed by atoms with E-state index in [1.807, 2.05) is 0 Å². The van der Waals surface area contributed by atoms with E-state index in [9.17, 15) is 4.79 Å². The molecule has 1 saturated heterocycles. The molecule has 116 valence electrons. The standard InChI is InChI=1S/C18H28N2O/c1-5-10-14(6-2)20-17(19-16(7-3)18(20)21)15-12-9-8-11-13(15)4/h8-9,11-12,14,16-17,19H,5-7,10H2,1-4H3. The Morgan fingerprint density at radius 3 is 2.52 bits per heavy atom. The summed E-state index contributed by atoms with van der Waals surface area (Å²) in [5, 5.41) is 3.55. The summed E-state index contributed by atoms with van der Waals surface area (Å²) in [6, 6.07) is 8.67. The molecule has 2 rings (SSSR count). The predicted molar refractivity (Wildman–Crippen MR) is 87.0 cm³/mol. The Morgan fingerprint density at radius 2 is 1.95 bits per heavy atom. The monoisotopic (exact) mass is 288 g/mol. The summed E-state index contributed by atoms with van der Waals surface area (Å²) < 4.78 is 0. The first-order valence-corrected chi connectivity index (χ1v) is 8.27. The van der Waals surface area contributed by atoms with Gasteiger partial charge in [-0.3, -0.25) is 10.1 Å². The fraction of sp³-hybridized carbons (Fsp3) is 0.611. The van der Waals surface area contributed by atoms with Crippen LogP contribution in [0, 0.1) is 6.92 Å². The van der Waals surface area contributed by atoms with Gasteiger partial charge in [0.15, 0.2) is 0 Å². The van der Waals surface area contributed by atoms with Crippen molar-refractivity contribution in [2.45, 2.75) is 71.6 Å². The van der Waals surface area contributed by atoms with Crippen molar-refractivity contribution in [3.8, 4) is 0 Å². The Bertz CT molecular complexity index is 486. The van der Waals surface area contributed by atoms with Crippen molar-refractivity contribution in [1.82, 2.24) is 10.2 Å². The van der Waals surface area contributed by atoms with Crippen molar-refractivity contribution < 1.29 is 4.79 Å². The maximum atomic E-state index is 12.8. The van der Waals surface area contributed by atoms with E-state index in [0.717, 1.165) is 25.7 Å². The van der Waals surface area contributed by atoms with Crippen molar-refractivity contribution in [3.05, 3.63) is 35.4 Å². The molecule has 1 aliphatic rings. The van der Waals surface area contributed by atoms with Crippen LogP contribution < -0.4 is 5.32 Å². The van der Waals surface area contributed by atoms with Gasteiger partial charge in [0.1, 0.15) is 6.17 Å². The number of nitrogens with zero attached hydrogens (tertiary/aromatic N) is 1. The SMILES string of the molecule is CCCC(CC)N1C(=O)C(CC)NC1c1ccccc1C. The number of nitrogens with one attached hydrogen (secondary N) is 1. The fourth-order valence-electron chi connectivity index (χ4n) is 3.34. The second-order valence-electron chi connectivity index (χ2n) is 5.98. The number of amides is 1. The van der Waals surface area contributed by atoms with E-state index in [2.05, 4.69) is 62.2 Å². The molecule has 1 aromatic carbocycles. The maximum Gasteiger partial charge on any atom is 0.241 e. The highest BCUT2D eigenvalue weighted by molar-refractivity contribution is 5.85. The van der Waals surface area contributed by atoms with Crippen LogP contribution >= 0.6 is 0 Å². The third-order valence-electron chi connectivity index (χ3n) is 4.57. The summed E-state index contributed by atoms with van der Waals surface area (Å²) in [6.07, 6.45) is 4.07. The molecule has 3 heteroatoms. The number of hydrogen-bond acceptors (Lipinski definition) is 2. The lowest BCUT2D eigenvalue weighted by Crippen LogP contribution is -2.40. The van der Waals surface area contributed by atoms with Gasteiger partial charge in [0.25, 0.3) is 0 Å². The van der Waals surface area contributed by atoms with Gasteiger partial charge in [0.2, 0.25) is 5.91 Å². The van der Waals surface area contributed by atoms with Crippen molar-refractivity contribution in [1.29, 1.82) is 0 Å². The average Bonchev–Trinajstić information content (AvgIpc) is 2.82. The Balaban J connectivity index is 2.37. The van der Waals surface area contributed by atoms with Crippen molar-refractivity contribution in [2.75, 3.05) is 0 Å². The van der Waals surface area contributed by atoms with E-state index < -0.39 is 0 Å². The predicted octanol–water partition coefficient (Wildman–Crippen LogP) is 3.78. The number of benzene rings is 1. The second kappa shape index (κ2) is 7.08. The molecule has 21 heavy (non-hydrogen) atoms. The Hall–Kier alpha value is -1.35. The molecule has 1 fully saturated rings. The molecule has 3 nitrogen and oxygen atoms in total. The van der Waals surface area contributed by atoms with Crippen LogP contribution in [0.5, 0.6) is 0 Å². The summed E-state index contributed by atoms with van der Waals surface area (Å²) in [5.41, 5.74) is 2.48. The van der Waals surface area contributed by atoms with E-state index >= 15 is 0 Å². The van der Waals surface area contributed by atoms with Gasteiger partial charge >= 0.3 is 0 Å². The van der Waals surface area contributed by atoms with Gasteiger partial charge in [0, 0.05) is 6.04 Å². The molecule has 1 heterocycles. The topological polar surface area (TPSA) is 32.3 Å². The molecule has 0 aromatic heterocycles. The van der Waals surface area contributed by atoms with Crippen molar-refractivity contribution in [2.24, 2.45) is 0 Å². The third-order valence-corrected chi connectivity index (χ3v) is 4.57. The molecule has 1 aromatic rings. The lowest BCUT2D eigenvalue weighted by Gasteiger charge is -2.33. The highest BCUT2D eigenvalue weighted by Crippen LogP contribution is 2.32. The zero-order chi connectivity index (χ0) is 15.4. The Labute approximate surface area is 128 Å². The normalized spacial score (nSPS) is 23.6. The van der Waals surface area contributed by atoms with Gasteiger partial charge in [-0.05, 0) is 37.3 Å². The molecule has 0 saturated carbocycles. The van der Waals surface area contributed by atoms with E-state index in [0.29, 0.717) is 6.04 Å². The summed E-state index contributed by atoms with van der Waals surface area (Å²) in [7, 11) is 0. The number of aryl methyl sites for hydroxylation is 1. The van der Waals surface area contributed by atoms with Crippen LogP contribution in [0.4, 0.5) is 0 Å². The van der Waals surface area contributed by atoms with Gasteiger partial charge in [-0.15, -0.1) is 0 Å². The minimum Gasteiger partial charge on any atom is -0.319 e. The zero-order valence-electron chi connectivity index (χ0n) is 13.7. The molecule has 0 aliphatic carbocycles. The van der Waals surface area contributed by atoms with Crippen LogP contribution in [0.25, 0.3) is 0 Å². The minimum atomic E-state index is -0.0412. The fourth-order valence-corrected chi connectivity index (χ4v) is 3.34. The van der Waals surface area contributed by atoms with Gasteiger partial charge < -0.3 is 4.90 Å². The Morgan fingerprint density at radius 1 is 1.24 bits per heavy atom. The lowest BCUT2D eigenvalue weighted by molar-refractivity contribution is -0.132. The average molecular weight is 288 g/mol. The van der Waals surface area contributed by atoms with Crippen molar-refractivity contribution in [3.63, 3.8) is 0 Å². The summed E-state index contributed by atoms with van der Waals surface area (Å²) >= 11 is 0. The lowest BCUT2D eigenvalue weighted by atomic mass is 10.0. The van der Waals surface area contributed by atoms with E-state index in [4.69, 9.17) is 0 Å². The first-order valence-electron chi connectivity index (χ1n) is 8.27. The summed E-state index contributed by atoms with van der Waals surface area (Å²) in [4.78, 5) is 14.9. The smallest absolute Gasteiger partial charge is 0.241 e. The molecule has 0 radical (unpaired) electrons. The zero-order valence-corrected chi connectivity index (χ0v) is 13.7. The van der Waals surface area contributed by atoms with Crippen LogP contribution in [0.1, 0.15) is 63.7 Å². The van der Waals surface area contributed by atoms with Crippen LogP contribution in [0.2, 0.25) is 0 Å². The number of hydrogen-bond donors (Lipinski definition) is 1. The van der Waals surface area contributed by atoms with E-state index in [-0.39, 0.29) is 18.1 Å². The second-order valence-corrected chi connectivity index (χ2v) is 5.98. The largest absolute Gasteiger partial charge is 0.319 e. The molecule has 0 spiro atoms. The molecule has 1 N–H and O–H groups in total. The summed E-state index contributed by atoms with van der Waals surface area (Å²) in [5.74, 6) is 0.269. The summed E-state index contributed by atoms with van der Waals surface area (Å²) in [6.45, 7) is 8.58. The molecule has 0 bridgehead atoms. The van der Waals surface area contributed by atoms with E-state index in [1.165, 1.54) is 11.1 Å². The highest BCUT2D eigenvalue weighted by atomic mass is 16.2. The van der Waals surface area contributed by atoms with Gasteiger partial charge in [-0.2, -0.15) is 0 Å². The van der Waals surface area contributed by atoms with Crippen LogP contribution in [0.15, 0.2) is 24.3 Å². The third kappa shape index (κ3) is 3.13. The molecule has 3 unspecified atom stereocenters. The number of carbonyl (C=O) groups is 1. The quantitative estimate of drug-likeness (QED) is 0.864. The van der Waals surface area contributed by atoms with Crippen molar-refractivity contribution >= 4 is 5.91 Å². The van der Waals surface area contributed by atoms with Crippen LogP contribution in [-0.2, 0) is 4.79 Å². The first-order chi connectivity index (χ1) is 10.1. The van der Waals surface area contributed by atoms with Gasteiger partial charge in [0.05, 0.1) is 6.04 Å². The molecular formula is C18H28N2O. The van der Waals surface area contributed by atoms with Gasteiger partial charge in [-0.25, -0.2) is 0 Å². The number of carbonyl (C=O) groups excluding carboxylic acids is 1. The minimum absolute atomic E-state index is 0.0279. The van der Waals surface area contributed by atoms with Crippen LogP contribution in [-0.4, -0.2) is 22.9 Å². The molecule has 3 atom stereocenters.